The van der Waals surface area contributed by atoms with Crippen molar-refractivity contribution in [3.8, 4) is 0 Å². The molecule has 1 aliphatic rings. The fourth-order valence-electron chi connectivity index (χ4n) is 1.39. The molecule has 5 heteroatoms. The molecule has 1 rings (SSSR count). The van der Waals surface area contributed by atoms with Gasteiger partial charge in [0.25, 0.3) is 0 Å². The number of hydrogen-bond acceptors (Lipinski definition) is 4. The van der Waals surface area contributed by atoms with Gasteiger partial charge < -0.3 is 9.47 Å². The normalized spacial score (nSPS) is 21.9. The third-order valence-electron chi connectivity index (χ3n) is 2.21. The van der Waals surface area contributed by atoms with Crippen LogP contribution in [0.3, 0.4) is 0 Å². The molecule has 1 amide bonds. The van der Waals surface area contributed by atoms with E-state index in [1.54, 1.807) is 0 Å². The van der Waals surface area contributed by atoms with Crippen molar-refractivity contribution < 1.29 is 14.3 Å². The topological polar surface area (TPSA) is 73.6 Å². The van der Waals surface area contributed by atoms with Crippen molar-refractivity contribution in [1.29, 1.82) is 0 Å². The number of ether oxygens (including phenoxy) is 2. The Bertz CT molecular complexity index is 169. The number of rotatable bonds is 5. The van der Waals surface area contributed by atoms with Crippen LogP contribution in [0.25, 0.3) is 0 Å². The average Bonchev–Trinajstić information content (AvgIpc) is 2.25. The van der Waals surface area contributed by atoms with Crippen molar-refractivity contribution in [3.63, 3.8) is 0 Å². The molecule has 1 heterocycles. The highest BCUT2D eigenvalue weighted by molar-refractivity contribution is 5.75. The third kappa shape index (κ3) is 4.55. The molecule has 0 aromatic heterocycles. The highest BCUT2D eigenvalue weighted by Gasteiger charge is 2.13. The summed E-state index contributed by atoms with van der Waals surface area (Å²) in [5.41, 5.74) is 2.05. The number of nitrogens with one attached hydrogen (secondary N) is 1. The van der Waals surface area contributed by atoms with Gasteiger partial charge in [-0.25, -0.2) is 5.84 Å². The van der Waals surface area contributed by atoms with Gasteiger partial charge in [0, 0.05) is 6.61 Å². The van der Waals surface area contributed by atoms with Crippen LogP contribution < -0.4 is 11.3 Å². The monoisotopic (exact) mass is 202 g/mol. The molecule has 0 saturated carbocycles. The molecule has 14 heavy (non-hydrogen) atoms. The molecule has 0 aromatic carbocycles. The van der Waals surface area contributed by atoms with Crippen LogP contribution in [0.1, 0.15) is 25.7 Å². The fourth-order valence-corrected chi connectivity index (χ4v) is 1.39. The second kappa shape index (κ2) is 6.75. The van der Waals surface area contributed by atoms with Crippen molar-refractivity contribution in [2.45, 2.75) is 31.8 Å². The minimum absolute atomic E-state index is 0.199. The second-order valence-electron chi connectivity index (χ2n) is 3.38. The van der Waals surface area contributed by atoms with Crippen molar-refractivity contribution in [2.24, 2.45) is 5.84 Å². The zero-order valence-electron chi connectivity index (χ0n) is 8.33. The van der Waals surface area contributed by atoms with Crippen LogP contribution in [0.2, 0.25) is 0 Å². The predicted octanol–water partition coefficient (Wildman–Crippen LogP) is -0.0479. The standard InChI is InChI=1S/C9H18N2O3/c10-11-9(12)4-6-13-7-8-3-1-2-5-14-8/h8H,1-7,10H2,(H,11,12). The molecule has 0 bridgehead atoms. The molecule has 0 aromatic rings. The summed E-state index contributed by atoms with van der Waals surface area (Å²) in [7, 11) is 0. The molecule has 1 atom stereocenters. The van der Waals surface area contributed by atoms with Crippen molar-refractivity contribution >= 4 is 5.91 Å². The minimum Gasteiger partial charge on any atom is -0.378 e. The highest BCUT2D eigenvalue weighted by atomic mass is 16.5. The van der Waals surface area contributed by atoms with Gasteiger partial charge in [0.2, 0.25) is 5.91 Å². The van der Waals surface area contributed by atoms with Crippen molar-refractivity contribution in [2.75, 3.05) is 19.8 Å². The molecular weight excluding hydrogens is 184 g/mol. The van der Waals surface area contributed by atoms with Crippen LogP contribution in [0.5, 0.6) is 0 Å². The first-order valence-electron chi connectivity index (χ1n) is 5.01. The maximum atomic E-state index is 10.7. The van der Waals surface area contributed by atoms with Gasteiger partial charge in [-0.1, -0.05) is 0 Å². The van der Waals surface area contributed by atoms with Gasteiger partial charge in [0.1, 0.15) is 0 Å². The number of carbonyl (C=O) groups excluding carboxylic acids is 1. The van der Waals surface area contributed by atoms with Gasteiger partial charge in [0.15, 0.2) is 0 Å². The number of amides is 1. The largest absolute Gasteiger partial charge is 0.378 e. The summed E-state index contributed by atoms with van der Waals surface area (Å²) in [6.07, 6.45) is 3.93. The van der Waals surface area contributed by atoms with Crippen LogP contribution in [0.4, 0.5) is 0 Å². The van der Waals surface area contributed by atoms with E-state index in [9.17, 15) is 4.79 Å². The van der Waals surface area contributed by atoms with Gasteiger partial charge in [-0.05, 0) is 19.3 Å². The molecule has 1 unspecified atom stereocenters. The van der Waals surface area contributed by atoms with E-state index in [1.165, 1.54) is 6.42 Å². The Morgan fingerprint density at radius 3 is 3.07 bits per heavy atom. The number of carbonyl (C=O) groups is 1. The Labute approximate surface area is 83.9 Å². The van der Waals surface area contributed by atoms with Crippen LogP contribution in [0.15, 0.2) is 0 Å². The minimum atomic E-state index is -0.199. The van der Waals surface area contributed by atoms with Gasteiger partial charge in [0.05, 0.1) is 25.7 Å². The Morgan fingerprint density at radius 2 is 2.43 bits per heavy atom. The van der Waals surface area contributed by atoms with E-state index in [2.05, 4.69) is 5.43 Å². The Morgan fingerprint density at radius 1 is 1.57 bits per heavy atom. The molecule has 1 aliphatic heterocycles. The summed E-state index contributed by atoms with van der Waals surface area (Å²) in [5.74, 6) is 4.72. The van der Waals surface area contributed by atoms with Crippen LogP contribution in [-0.4, -0.2) is 31.8 Å². The van der Waals surface area contributed by atoms with E-state index in [4.69, 9.17) is 15.3 Å². The summed E-state index contributed by atoms with van der Waals surface area (Å²) >= 11 is 0. The fraction of sp³-hybridized carbons (Fsp3) is 0.889. The molecule has 0 radical (unpaired) electrons. The zero-order chi connectivity index (χ0) is 10.2. The molecule has 1 saturated heterocycles. The van der Waals surface area contributed by atoms with Gasteiger partial charge in [-0.2, -0.15) is 0 Å². The van der Waals surface area contributed by atoms with Crippen LogP contribution in [0, 0.1) is 0 Å². The van der Waals surface area contributed by atoms with E-state index in [0.717, 1.165) is 19.4 Å². The highest BCUT2D eigenvalue weighted by Crippen LogP contribution is 2.12. The second-order valence-corrected chi connectivity index (χ2v) is 3.38. The number of nitrogens with two attached hydrogens (primary N) is 1. The van der Waals surface area contributed by atoms with Gasteiger partial charge >= 0.3 is 0 Å². The Hall–Kier alpha value is -0.650. The lowest BCUT2D eigenvalue weighted by Crippen LogP contribution is -2.31. The Balaban J connectivity index is 1.94. The van der Waals surface area contributed by atoms with E-state index in [1.807, 2.05) is 0 Å². The lowest BCUT2D eigenvalue weighted by Gasteiger charge is -2.22. The lowest BCUT2D eigenvalue weighted by molar-refractivity contribution is -0.122. The smallest absolute Gasteiger partial charge is 0.236 e. The maximum absolute atomic E-state index is 10.7. The van der Waals surface area contributed by atoms with Gasteiger partial charge in [-0.3, -0.25) is 10.2 Å². The van der Waals surface area contributed by atoms with E-state index < -0.39 is 0 Å². The molecule has 82 valence electrons. The van der Waals surface area contributed by atoms with Crippen LogP contribution in [-0.2, 0) is 14.3 Å². The molecule has 0 spiro atoms. The quantitative estimate of drug-likeness (QED) is 0.284. The number of hydrogen-bond donors (Lipinski definition) is 2. The molecule has 5 nitrogen and oxygen atoms in total. The first-order chi connectivity index (χ1) is 6.83. The van der Waals surface area contributed by atoms with E-state index >= 15 is 0 Å². The summed E-state index contributed by atoms with van der Waals surface area (Å²) in [6, 6.07) is 0. The lowest BCUT2D eigenvalue weighted by atomic mass is 10.1. The summed E-state index contributed by atoms with van der Waals surface area (Å²) in [6.45, 7) is 1.82. The van der Waals surface area contributed by atoms with E-state index in [0.29, 0.717) is 19.6 Å². The molecule has 0 aliphatic carbocycles. The predicted molar refractivity (Wildman–Crippen MR) is 51.4 cm³/mol. The molecule has 3 N–H and O–H groups in total. The first-order valence-corrected chi connectivity index (χ1v) is 5.01. The summed E-state index contributed by atoms with van der Waals surface area (Å²) in [4.78, 5) is 10.7. The van der Waals surface area contributed by atoms with Crippen LogP contribution >= 0.6 is 0 Å². The van der Waals surface area contributed by atoms with Gasteiger partial charge in [-0.15, -0.1) is 0 Å². The van der Waals surface area contributed by atoms with Crippen molar-refractivity contribution in [1.82, 2.24) is 5.43 Å². The third-order valence-corrected chi connectivity index (χ3v) is 2.21. The number of hydrazine groups is 1. The van der Waals surface area contributed by atoms with E-state index in [-0.39, 0.29) is 12.0 Å². The first kappa shape index (κ1) is 11.4. The molecule has 1 fully saturated rings. The maximum Gasteiger partial charge on any atom is 0.236 e. The molecular formula is C9H18N2O3. The zero-order valence-corrected chi connectivity index (χ0v) is 8.33. The average molecular weight is 202 g/mol. The Kier molecular flexibility index (Phi) is 5.51. The summed E-state index contributed by atoms with van der Waals surface area (Å²) in [5, 5.41) is 0. The summed E-state index contributed by atoms with van der Waals surface area (Å²) < 4.78 is 10.8. The van der Waals surface area contributed by atoms with Crippen molar-refractivity contribution in [3.05, 3.63) is 0 Å². The SMILES string of the molecule is NNC(=O)CCOCC1CCCCO1.